The van der Waals surface area contributed by atoms with E-state index in [-0.39, 0.29) is 6.71 Å². The Morgan fingerprint density at radius 3 is 1.67 bits per heavy atom. The van der Waals surface area contributed by atoms with Gasteiger partial charge in [0.05, 0.1) is 27.9 Å². The topological polar surface area (TPSA) is 10.9 Å². The number of hydrogen-bond donors (Lipinski definition) is 0. The third kappa shape index (κ3) is 4.18. The highest BCUT2D eigenvalue weighted by Crippen LogP contribution is 2.53. The second-order valence-electron chi connectivity index (χ2n) is 15.6. The molecule has 58 heavy (non-hydrogen) atoms. The van der Waals surface area contributed by atoms with Crippen LogP contribution in [0.4, 0.5) is 34.1 Å². The predicted octanol–water partition coefficient (Wildman–Crippen LogP) is 12.3. The number of rotatable bonds is 4. The summed E-state index contributed by atoms with van der Waals surface area (Å²) in [6.45, 7) is 0.0129. The van der Waals surface area contributed by atoms with Gasteiger partial charge in [0.25, 0.3) is 6.71 Å². The molecule has 0 unspecified atom stereocenters. The molecule has 0 radical (unpaired) electrons. The molecule has 2 aliphatic heterocycles. The van der Waals surface area contributed by atoms with E-state index in [1.165, 1.54) is 105 Å². The largest absolute Gasteiger partial charge is 0.311 e. The number of fused-ring (bicyclic) bond motifs is 11. The summed E-state index contributed by atoms with van der Waals surface area (Å²) in [5, 5.41) is 5.14. The van der Waals surface area contributed by atoms with Gasteiger partial charge in [-0.15, -0.1) is 0 Å². The van der Waals surface area contributed by atoms with E-state index in [9.17, 15) is 0 Å². The van der Waals surface area contributed by atoms with Crippen LogP contribution < -0.4 is 26.2 Å². The minimum Gasteiger partial charge on any atom is -0.311 e. The van der Waals surface area contributed by atoms with Crippen molar-refractivity contribution in [3.8, 4) is 22.3 Å². The Hall–Kier alpha value is -7.56. The van der Waals surface area contributed by atoms with Gasteiger partial charge in [-0.1, -0.05) is 164 Å². The summed E-state index contributed by atoms with van der Waals surface area (Å²) in [4.78, 5) is 5.12. The SMILES string of the molecule is c1ccc(-c2cccc(-c3ccccc3)c2N2c3cccc4c3B(c3ccccc3N4c3ccccc3)c3ccc4c(c32)c2cccc3c5ccccc5n4c32)cc1. The molecule has 0 bridgehead atoms. The van der Waals surface area contributed by atoms with Gasteiger partial charge in [-0.05, 0) is 70.0 Å². The normalized spacial score (nSPS) is 13.1. The second kappa shape index (κ2) is 12.0. The van der Waals surface area contributed by atoms with Crippen LogP contribution in [0, 0.1) is 0 Å². The minimum atomic E-state index is 0.0129. The summed E-state index contributed by atoms with van der Waals surface area (Å²) in [6.07, 6.45) is 0. The number of aromatic nitrogens is 1. The maximum atomic E-state index is 2.65. The van der Waals surface area contributed by atoms with E-state index in [0.29, 0.717) is 0 Å². The molecule has 0 saturated heterocycles. The van der Waals surface area contributed by atoms with Crippen LogP contribution in [0.15, 0.2) is 206 Å². The highest BCUT2D eigenvalue weighted by atomic mass is 15.2. The molecule has 0 spiro atoms. The van der Waals surface area contributed by atoms with Gasteiger partial charge in [0.1, 0.15) is 0 Å². The van der Waals surface area contributed by atoms with E-state index in [1.54, 1.807) is 0 Å². The van der Waals surface area contributed by atoms with Crippen LogP contribution in [0.3, 0.4) is 0 Å². The van der Waals surface area contributed by atoms with Crippen LogP contribution in [0.2, 0.25) is 0 Å². The van der Waals surface area contributed by atoms with Crippen molar-refractivity contribution in [3.63, 3.8) is 0 Å². The lowest BCUT2D eigenvalue weighted by molar-refractivity contribution is 1.26. The van der Waals surface area contributed by atoms with Crippen molar-refractivity contribution in [2.24, 2.45) is 0 Å². The van der Waals surface area contributed by atoms with E-state index in [4.69, 9.17) is 0 Å². The molecule has 11 aromatic rings. The van der Waals surface area contributed by atoms with Crippen molar-refractivity contribution in [1.82, 2.24) is 4.40 Å². The first-order valence-electron chi connectivity index (χ1n) is 20.2. The molecule has 13 rings (SSSR count). The monoisotopic (exact) mass is 735 g/mol. The summed E-state index contributed by atoms with van der Waals surface area (Å²) >= 11 is 0. The smallest absolute Gasteiger partial charge is 0.252 e. The van der Waals surface area contributed by atoms with Crippen molar-refractivity contribution in [1.29, 1.82) is 0 Å². The first kappa shape index (κ1) is 31.6. The Bertz CT molecular complexity index is 3350. The summed E-state index contributed by atoms with van der Waals surface area (Å²) in [5.74, 6) is 0. The van der Waals surface area contributed by atoms with E-state index < -0.39 is 0 Å². The fourth-order valence-electron chi connectivity index (χ4n) is 10.5. The van der Waals surface area contributed by atoms with Crippen molar-refractivity contribution >= 4 is 95.3 Å². The van der Waals surface area contributed by atoms with E-state index in [1.807, 2.05) is 0 Å². The van der Waals surface area contributed by atoms with Crippen LogP contribution in [0.25, 0.3) is 60.3 Å². The zero-order chi connectivity index (χ0) is 37.9. The Labute approximate surface area is 336 Å². The number of nitrogens with zero attached hydrogens (tertiary/aromatic N) is 3. The lowest BCUT2D eigenvalue weighted by atomic mass is 9.33. The van der Waals surface area contributed by atoms with Crippen LogP contribution >= 0.6 is 0 Å². The standard InChI is InChI=1S/C54H34BN3/c1-4-17-35(18-5-1)38-24-14-25-39(36-19-6-2-7-20-36)52(38)58-49-32-16-31-48-51(49)55(43-28-11-13-30-46(43)56(48)37-21-8-3-9-22-37)44-33-34-47-50(54(44)58)42-27-15-26-41-40-23-10-12-29-45(40)57(47)53(41)42/h1-34H. The van der Waals surface area contributed by atoms with Gasteiger partial charge in [0.15, 0.2) is 0 Å². The number of para-hydroxylation sites is 5. The van der Waals surface area contributed by atoms with Crippen molar-refractivity contribution in [2.75, 3.05) is 9.80 Å². The zero-order valence-electron chi connectivity index (χ0n) is 31.5. The summed E-state index contributed by atoms with van der Waals surface area (Å²) in [7, 11) is 0. The molecule has 0 amide bonds. The molecule has 4 heterocycles. The molecule has 0 saturated carbocycles. The third-order valence-corrected chi connectivity index (χ3v) is 12.7. The molecule has 2 aromatic heterocycles. The van der Waals surface area contributed by atoms with Crippen LogP contribution in [0.5, 0.6) is 0 Å². The van der Waals surface area contributed by atoms with Gasteiger partial charge >= 0.3 is 0 Å². The fraction of sp³-hybridized carbons (Fsp3) is 0. The van der Waals surface area contributed by atoms with Gasteiger partial charge in [-0.25, -0.2) is 0 Å². The minimum absolute atomic E-state index is 0.0129. The van der Waals surface area contributed by atoms with Crippen molar-refractivity contribution in [2.45, 2.75) is 0 Å². The lowest BCUT2D eigenvalue weighted by Crippen LogP contribution is -2.61. The highest BCUT2D eigenvalue weighted by Gasteiger charge is 2.45. The summed E-state index contributed by atoms with van der Waals surface area (Å²) < 4.78 is 2.52. The number of hydrogen-bond acceptors (Lipinski definition) is 2. The predicted molar refractivity (Wildman–Crippen MR) is 246 cm³/mol. The van der Waals surface area contributed by atoms with Gasteiger partial charge in [0, 0.05) is 55.4 Å². The third-order valence-electron chi connectivity index (χ3n) is 12.7. The summed E-state index contributed by atoms with van der Waals surface area (Å²) in [5.41, 5.74) is 19.7. The van der Waals surface area contributed by atoms with E-state index in [2.05, 4.69) is 220 Å². The van der Waals surface area contributed by atoms with E-state index >= 15 is 0 Å². The number of benzene rings is 9. The first-order chi connectivity index (χ1) is 28.8. The molecule has 0 atom stereocenters. The van der Waals surface area contributed by atoms with E-state index in [0.717, 1.165) is 5.69 Å². The average molecular weight is 736 g/mol. The molecular weight excluding hydrogens is 701 g/mol. The Morgan fingerprint density at radius 2 is 0.914 bits per heavy atom. The molecule has 268 valence electrons. The maximum Gasteiger partial charge on any atom is 0.252 e. The molecule has 2 aliphatic rings. The van der Waals surface area contributed by atoms with Gasteiger partial charge < -0.3 is 14.2 Å². The molecule has 9 aromatic carbocycles. The number of anilines is 6. The van der Waals surface area contributed by atoms with Crippen molar-refractivity contribution < 1.29 is 0 Å². The second-order valence-corrected chi connectivity index (χ2v) is 15.6. The van der Waals surface area contributed by atoms with Crippen molar-refractivity contribution in [3.05, 3.63) is 206 Å². The van der Waals surface area contributed by atoms with Gasteiger partial charge in [0.2, 0.25) is 0 Å². The fourth-order valence-corrected chi connectivity index (χ4v) is 10.5. The molecule has 4 heteroatoms. The Morgan fingerprint density at radius 1 is 0.345 bits per heavy atom. The summed E-state index contributed by atoms with van der Waals surface area (Å²) in [6, 6.07) is 76.2. The Kier molecular flexibility index (Phi) is 6.53. The Balaban J connectivity index is 1.24. The molecule has 0 N–H and O–H groups in total. The molecular formula is C54H34BN3. The van der Waals surface area contributed by atoms with Gasteiger partial charge in [-0.3, -0.25) is 0 Å². The highest BCUT2D eigenvalue weighted by molar-refractivity contribution is 7.00. The zero-order valence-corrected chi connectivity index (χ0v) is 31.5. The van der Waals surface area contributed by atoms with Crippen LogP contribution in [0.1, 0.15) is 0 Å². The average Bonchev–Trinajstić information content (AvgIpc) is 3.82. The first-order valence-corrected chi connectivity index (χ1v) is 20.2. The van der Waals surface area contributed by atoms with Gasteiger partial charge in [-0.2, -0.15) is 0 Å². The quantitative estimate of drug-likeness (QED) is 0.167. The van der Waals surface area contributed by atoms with Crippen LogP contribution in [-0.2, 0) is 0 Å². The maximum absolute atomic E-state index is 2.65. The molecule has 3 nitrogen and oxygen atoms in total. The van der Waals surface area contributed by atoms with Crippen LogP contribution in [-0.4, -0.2) is 11.1 Å². The molecule has 0 aliphatic carbocycles. The lowest BCUT2D eigenvalue weighted by Gasteiger charge is -2.45. The molecule has 0 fully saturated rings.